The van der Waals surface area contributed by atoms with Crippen molar-refractivity contribution in [3.05, 3.63) is 0 Å². The van der Waals surface area contributed by atoms with Crippen LogP contribution in [-0.2, 0) is 18.7 Å². The van der Waals surface area contributed by atoms with Crippen molar-refractivity contribution in [3.8, 4) is 0 Å². The van der Waals surface area contributed by atoms with Gasteiger partial charge < -0.3 is 0 Å². The van der Waals surface area contributed by atoms with Gasteiger partial charge >= 0.3 is 59.5 Å². The van der Waals surface area contributed by atoms with Crippen molar-refractivity contribution in [2.75, 3.05) is 6.61 Å². The maximum absolute atomic E-state index is 9.72. The van der Waals surface area contributed by atoms with E-state index in [1.165, 1.54) is 0 Å². The van der Waals surface area contributed by atoms with Gasteiger partial charge in [-0.1, -0.05) is 0 Å². The molecule has 0 spiro atoms. The van der Waals surface area contributed by atoms with Crippen molar-refractivity contribution in [2.45, 2.75) is 19.4 Å². The van der Waals surface area contributed by atoms with Crippen LogP contribution in [0.2, 0.25) is 0 Å². The predicted octanol–water partition coefficient (Wildman–Crippen LogP) is -0.272. The normalized spacial score (nSPS) is 10.9. The molecule has 1 unspecified atom stereocenters. The van der Waals surface area contributed by atoms with Gasteiger partial charge in [-0.15, -0.1) is 0 Å². The summed E-state index contributed by atoms with van der Waals surface area (Å²) in [7, 11) is 0.749. The second-order valence-electron chi connectivity index (χ2n) is 1.80. The molecular weight excluding hydrogens is 134 g/mol. The first kappa shape index (κ1) is 9.33. The molecule has 0 rings (SSSR count). The summed E-state index contributed by atoms with van der Waals surface area (Å²) in [6.45, 7) is 2.01. The van der Waals surface area contributed by atoms with Crippen molar-refractivity contribution < 1.29 is 18.7 Å². The Morgan fingerprint density at radius 2 is 2.10 bits per heavy atom. The van der Waals surface area contributed by atoms with Crippen molar-refractivity contribution in [1.29, 1.82) is 0 Å². The Labute approximate surface area is 60.5 Å². The minimum atomic E-state index is -0.183. The Morgan fingerprint density at radius 3 is 2.60 bits per heavy atom. The van der Waals surface area contributed by atoms with Crippen LogP contribution < -0.4 is 0 Å². The Morgan fingerprint density at radius 1 is 1.40 bits per heavy atom. The zero-order chi connectivity index (χ0) is 7.82. The molecule has 0 heterocycles. The Kier molecular flexibility index (Phi) is 6.02. The Hall–Kier alpha value is -0.670. The van der Waals surface area contributed by atoms with Crippen LogP contribution >= 0.6 is 0 Å². The van der Waals surface area contributed by atoms with Crippen LogP contribution in [0.15, 0.2) is 0 Å². The van der Waals surface area contributed by atoms with Gasteiger partial charge in [0.2, 0.25) is 0 Å². The molecule has 0 aromatic heterocycles. The van der Waals surface area contributed by atoms with Gasteiger partial charge in [0.15, 0.2) is 0 Å². The summed E-state index contributed by atoms with van der Waals surface area (Å²) in [4.78, 5) is 0. The van der Waals surface area contributed by atoms with Crippen LogP contribution in [0.1, 0.15) is 13.3 Å². The Balaban J connectivity index is 3.11. The molecule has 0 saturated carbocycles. The SMILES string of the molecule is CC(CCOB=O)OB=O. The molecule has 0 aromatic carbocycles. The fourth-order valence-electron chi connectivity index (χ4n) is 0.445. The van der Waals surface area contributed by atoms with E-state index < -0.39 is 0 Å². The summed E-state index contributed by atoms with van der Waals surface area (Å²) >= 11 is 0. The molecule has 0 amide bonds. The van der Waals surface area contributed by atoms with Gasteiger partial charge in [-0.2, -0.15) is 0 Å². The van der Waals surface area contributed by atoms with E-state index in [9.17, 15) is 9.41 Å². The molecule has 0 aliphatic heterocycles. The standard InChI is InChI=1S/C4H8B2O4/c1-4(10-6-8)2-3-9-5-7/h4H,2-3H2,1H3. The van der Waals surface area contributed by atoms with Crippen LogP contribution in [0.3, 0.4) is 0 Å². The van der Waals surface area contributed by atoms with E-state index in [2.05, 4.69) is 9.31 Å². The van der Waals surface area contributed by atoms with Gasteiger partial charge in [0, 0.05) is 0 Å². The van der Waals surface area contributed by atoms with Gasteiger partial charge in [-0.05, 0) is 0 Å². The maximum atomic E-state index is 9.72. The molecule has 0 aromatic rings. The molecular formula is C4H8B2O4. The summed E-state index contributed by atoms with van der Waals surface area (Å²) in [6.07, 6.45) is 0.356. The summed E-state index contributed by atoms with van der Waals surface area (Å²) in [5.41, 5.74) is 0. The molecule has 4 nitrogen and oxygen atoms in total. The predicted molar refractivity (Wildman–Crippen MR) is 34.0 cm³/mol. The molecule has 0 aliphatic rings. The first-order valence-electron chi connectivity index (χ1n) is 2.95. The molecule has 1 atom stereocenters. The zero-order valence-electron chi connectivity index (χ0n) is 5.78. The third-order valence-corrected chi connectivity index (χ3v) is 0.998. The third kappa shape index (κ3) is 5.47. The zero-order valence-corrected chi connectivity index (χ0v) is 5.78. The van der Waals surface area contributed by atoms with Gasteiger partial charge in [0.05, 0.1) is 0 Å². The summed E-state index contributed by atoms with van der Waals surface area (Å²) in [5.74, 6) is 0. The van der Waals surface area contributed by atoms with E-state index in [-0.39, 0.29) is 6.10 Å². The molecule has 0 bridgehead atoms. The van der Waals surface area contributed by atoms with Gasteiger partial charge in [-0.25, -0.2) is 0 Å². The molecule has 0 saturated heterocycles. The molecule has 0 radical (unpaired) electrons. The van der Waals surface area contributed by atoms with Gasteiger partial charge in [-0.3, -0.25) is 0 Å². The third-order valence-electron chi connectivity index (χ3n) is 0.998. The second-order valence-corrected chi connectivity index (χ2v) is 1.80. The van der Waals surface area contributed by atoms with Crippen LogP contribution in [-0.4, -0.2) is 27.4 Å². The molecule has 0 aliphatic carbocycles. The van der Waals surface area contributed by atoms with Crippen molar-refractivity contribution in [1.82, 2.24) is 0 Å². The number of rotatable bonds is 6. The molecule has 10 heavy (non-hydrogen) atoms. The van der Waals surface area contributed by atoms with E-state index in [0.29, 0.717) is 27.7 Å². The van der Waals surface area contributed by atoms with E-state index >= 15 is 0 Å². The van der Waals surface area contributed by atoms with E-state index in [1.807, 2.05) is 0 Å². The fraction of sp³-hybridized carbons (Fsp3) is 1.00. The van der Waals surface area contributed by atoms with E-state index in [4.69, 9.17) is 0 Å². The van der Waals surface area contributed by atoms with Crippen LogP contribution in [0.4, 0.5) is 0 Å². The van der Waals surface area contributed by atoms with Crippen molar-refractivity contribution in [3.63, 3.8) is 0 Å². The van der Waals surface area contributed by atoms with Crippen molar-refractivity contribution >= 4 is 14.7 Å². The fourth-order valence-corrected chi connectivity index (χ4v) is 0.445. The molecule has 0 fully saturated rings. The monoisotopic (exact) mass is 142 g/mol. The second kappa shape index (κ2) is 6.45. The molecule has 54 valence electrons. The van der Waals surface area contributed by atoms with Gasteiger partial charge in [0.25, 0.3) is 0 Å². The average molecular weight is 142 g/mol. The summed E-state index contributed by atoms with van der Waals surface area (Å²) in [6, 6.07) is 0. The van der Waals surface area contributed by atoms with Crippen molar-refractivity contribution in [2.24, 2.45) is 0 Å². The molecule has 0 N–H and O–H groups in total. The minimum absolute atomic E-state index is 0.183. The quantitative estimate of drug-likeness (QED) is 0.378. The first-order chi connectivity index (χ1) is 4.81. The summed E-state index contributed by atoms with van der Waals surface area (Å²) in [5, 5.41) is 0. The van der Waals surface area contributed by atoms with Crippen LogP contribution in [0.5, 0.6) is 0 Å². The average Bonchev–Trinajstić information content (AvgIpc) is 1.89. The van der Waals surface area contributed by atoms with Gasteiger partial charge in [0.1, 0.15) is 0 Å². The number of hydrogen-bond acceptors (Lipinski definition) is 4. The van der Waals surface area contributed by atoms with Crippen LogP contribution in [0, 0.1) is 0 Å². The topological polar surface area (TPSA) is 52.6 Å². The number of hydrogen-bond donors (Lipinski definition) is 0. The molecule has 6 heteroatoms. The van der Waals surface area contributed by atoms with E-state index in [1.54, 1.807) is 6.92 Å². The Bertz CT molecular complexity index is 107. The van der Waals surface area contributed by atoms with Crippen LogP contribution in [0.25, 0.3) is 0 Å². The first-order valence-corrected chi connectivity index (χ1v) is 2.95. The summed E-state index contributed by atoms with van der Waals surface area (Å²) < 4.78 is 28.2. The van der Waals surface area contributed by atoms with E-state index in [0.717, 1.165) is 0 Å².